The Morgan fingerprint density at radius 3 is 2.00 bits per heavy atom. The Morgan fingerprint density at radius 2 is 1.50 bits per heavy atom. The molecule has 0 spiro atoms. The molecule has 128 valence electrons. The minimum Gasteiger partial charge on any atom is -0.289 e. The lowest BCUT2D eigenvalue weighted by Crippen LogP contribution is -2.12. The summed E-state index contributed by atoms with van der Waals surface area (Å²) in [4.78, 5) is 10.5. The standard InChI is InChI=1S/C13H8ClFO7S2/c14-11-5-7(15)1-3-9(11)13(16)10-4-2-8(23(17,18)19)6-12(10)24(20,21)22/h1-6H,(H,17,18,19)(H,20,21,22). The Hall–Kier alpha value is -1.85. The first-order valence-corrected chi connectivity index (χ1v) is 9.26. The summed E-state index contributed by atoms with van der Waals surface area (Å²) in [6.07, 6.45) is 0. The van der Waals surface area contributed by atoms with Crippen molar-refractivity contribution < 1.29 is 35.1 Å². The van der Waals surface area contributed by atoms with Gasteiger partial charge in [0.2, 0.25) is 0 Å². The van der Waals surface area contributed by atoms with Crippen molar-refractivity contribution in [3.8, 4) is 0 Å². The fourth-order valence-electron chi connectivity index (χ4n) is 1.88. The smallest absolute Gasteiger partial charge is 0.289 e. The highest BCUT2D eigenvalue weighted by molar-refractivity contribution is 7.86. The van der Waals surface area contributed by atoms with Crippen molar-refractivity contribution >= 4 is 37.6 Å². The quantitative estimate of drug-likeness (QED) is 0.601. The van der Waals surface area contributed by atoms with Crippen LogP contribution in [-0.4, -0.2) is 31.7 Å². The Kier molecular flexibility index (Phi) is 4.79. The highest BCUT2D eigenvalue weighted by Gasteiger charge is 2.25. The average Bonchev–Trinajstić information content (AvgIpc) is 2.44. The minimum absolute atomic E-state index is 0.262. The molecule has 0 fully saturated rings. The summed E-state index contributed by atoms with van der Waals surface area (Å²) >= 11 is 5.74. The van der Waals surface area contributed by atoms with Gasteiger partial charge in [-0.05, 0) is 36.4 Å². The van der Waals surface area contributed by atoms with E-state index in [2.05, 4.69) is 0 Å². The second-order valence-corrected chi connectivity index (χ2v) is 7.78. The van der Waals surface area contributed by atoms with Crippen molar-refractivity contribution in [2.24, 2.45) is 0 Å². The molecular weight excluding hydrogens is 387 g/mol. The van der Waals surface area contributed by atoms with Crippen LogP contribution in [0.1, 0.15) is 15.9 Å². The summed E-state index contributed by atoms with van der Waals surface area (Å²) in [5.41, 5.74) is -0.860. The number of carbonyl (C=O) groups excluding carboxylic acids is 1. The largest absolute Gasteiger partial charge is 0.295 e. The van der Waals surface area contributed by atoms with Gasteiger partial charge in [-0.25, -0.2) is 4.39 Å². The van der Waals surface area contributed by atoms with E-state index in [0.717, 1.165) is 30.3 Å². The topological polar surface area (TPSA) is 126 Å². The summed E-state index contributed by atoms with van der Waals surface area (Å²) in [6, 6.07) is 4.73. The number of hydrogen-bond donors (Lipinski definition) is 2. The van der Waals surface area contributed by atoms with Crippen molar-refractivity contribution in [2.45, 2.75) is 9.79 Å². The van der Waals surface area contributed by atoms with Crippen LogP contribution < -0.4 is 0 Å². The van der Waals surface area contributed by atoms with Crippen LogP contribution in [-0.2, 0) is 20.2 Å². The van der Waals surface area contributed by atoms with Crippen LogP contribution in [0.25, 0.3) is 0 Å². The first-order valence-electron chi connectivity index (χ1n) is 6.00. The lowest BCUT2D eigenvalue weighted by molar-refractivity contribution is 0.103. The van der Waals surface area contributed by atoms with Crippen molar-refractivity contribution in [1.82, 2.24) is 0 Å². The van der Waals surface area contributed by atoms with Crippen LogP contribution in [0.2, 0.25) is 5.02 Å². The number of benzene rings is 2. The summed E-state index contributed by atoms with van der Waals surface area (Å²) in [5, 5.41) is -0.305. The number of rotatable bonds is 4. The highest BCUT2D eigenvalue weighted by Crippen LogP contribution is 2.26. The molecule has 2 N–H and O–H groups in total. The Balaban J connectivity index is 2.72. The van der Waals surface area contributed by atoms with E-state index in [1.54, 1.807) is 0 Å². The number of hydrogen-bond acceptors (Lipinski definition) is 5. The van der Waals surface area contributed by atoms with Crippen LogP contribution in [0.4, 0.5) is 4.39 Å². The van der Waals surface area contributed by atoms with Gasteiger partial charge in [0.15, 0.2) is 5.78 Å². The third-order valence-corrected chi connectivity index (χ3v) is 5.01. The lowest BCUT2D eigenvalue weighted by atomic mass is 10.0. The number of carbonyl (C=O) groups is 1. The van der Waals surface area contributed by atoms with Gasteiger partial charge in [-0.3, -0.25) is 13.9 Å². The van der Waals surface area contributed by atoms with E-state index in [1.807, 2.05) is 0 Å². The molecule has 0 amide bonds. The fraction of sp³-hybridized carbons (Fsp3) is 0. The Bertz CT molecular complexity index is 1050. The second-order valence-electron chi connectivity index (χ2n) is 4.56. The predicted molar refractivity (Wildman–Crippen MR) is 80.9 cm³/mol. The fourth-order valence-corrected chi connectivity index (χ4v) is 3.43. The van der Waals surface area contributed by atoms with Gasteiger partial charge in [0, 0.05) is 11.1 Å². The maximum atomic E-state index is 13.0. The molecule has 0 unspecified atom stereocenters. The first kappa shape index (κ1) is 18.5. The maximum Gasteiger partial charge on any atom is 0.295 e. The molecule has 0 heterocycles. The molecule has 0 bridgehead atoms. The van der Waals surface area contributed by atoms with Crippen molar-refractivity contribution in [1.29, 1.82) is 0 Å². The summed E-state index contributed by atoms with van der Waals surface area (Å²) in [6.45, 7) is 0. The van der Waals surface area contributed by atoms with Crippen LogP contribution >= 0.6 is 11.6 Å². The third-order valence-electron chi connectivity index (χ3n) is 2.95. The van der Waals surface area contributed by atoms with E-state index in [-0.39, 0.29) is 10.6 Å². The van der Waals surface area contributed by atoms with E-state index in [1.165, 1.54) is 0 Å². The molecule has 2 aromatic carbocycles. The van der Waals surface area contributed by atoms with E-state index in [9.17, 15) is 30.6 Å². The molecule has 0 atom stereocenters. The zero-order valence-electron chi connectivity index (χ0n) is 11.5. The van der Waals surface area contributed by atoms with Gasteiger partial charge < -0.3 is 0 Å². The molecule has 0 aliphatic rings. The zero-order valence-corrected chi connectivity index (χ0v) is 13.9. The Morgan fingerprint density at radius 1 is 0.917 bits per heavy atom. The van der Waals surface area contributed by atoms with E-state index in [4.69, 9.17) is 16.2 Å². The number of ketones is 1. The molecule has 24 heavy (non-hydrogen) atoms. The van der Waals surface area contributed by atoms with Crippen LogP contribution in [0.15, 0.2) is 46.2 Å². The maximum absolute atomic E-state index is 13.0. The van der Waals surface area contributed by atoms with E-state index in [0.29, 0.717) is 6.07 Å². The second kappa shape index (κ2) is 6.22. The summed E-state index contributed by atoms with van der Waals surface area (Å²) in [7, 11) is -9.77. The third kappa shape index (κ3) is 3.79. The van der Waals surface area contributed by atoms with Crippen molar-refractivity contribution in [3.05, 3.63) is 58.4 Å². The van der Waals surface area contributed by atoms with Gasteiger partial charge >= 0.3 is 0 Å². The van der Waals surface area contributed by atoms with Crippen LogP contribution in [0.3, 0.4) is 0 Å². The molecule has 0 aromatic heterocycles. The van der Waals surface area contributed by atoms with Crippen LogP contribution in [0.5, 0.6) is 0 Å². The lowest BCUT2D eigenvalue weighted by Gasteiger charge is -2.09. The molecule has 0 aliphatic heterocycles. The molecule has 7 nitrogen and oxygen atoms in total. The number of halogens is 2. The van der Waals surface area contributed by atoms with E-state index >= 15 is 0 Å². The molecule has 2 aromatic rings. The minimum atomic E-state index is -5.00. The van der Waals surface area contributed by atoms with Gasteiger partial charge in [-0.2, -0.15) is 16.8 Å². The molecule has 11 heteroatoms. The predicted octanol–water partition coefficient (Wildman–Crippen LogP) is 2.20. The average molecular weight is 395 g/mol. The van der Waals surface area contributed by atoms with Gasteiger partial charge in [0.1, 0.15) is 10.7 Å². The summed E-state index contributed by atoms with van der Waals surface area (Å²) in [5.74, 6) is -1.72. The molecular formula is C13H8ClFO7S2. The van der Waals surface area contributed by atoms with Gasteiger partial charge in [-0.15, -0.1) is 0 Å². The molecule has 0 saturated heterocycles. The SMILES string of the molecule is O=C(c1ccc(F)cc1Cl)c1ccc(S(=O)(=O)O)cc1S(=O)(=O)O. The summed E-state index contributed by atoms with van der Waals surface area (Å²) < 4.78 is 76.3. The molecule has 2 rings (SSSR count). The highest BCUT2D eigenvalue weighted by atomic mass is 35.5. The zero-order chi connectivity index (χ0) is 18.3. The Labute approximate surface area is 141 Å². The normalized spacial score (nSPS) is 12.2. The van der Waals surface area contributed by atoms with Crippen molar-refractivity contribution in [3.63, 3.8) is 0 Å². The monoisotopic (exact) mass is 394 g/mol. The van der Waals surface area contributed by atoms with Gasteiger partial charge in [-0.1, -0.05) is 11.6 Å². The molecule has 0 saturated carbocycles. The van der Waals surface area contributed by atoms with Crippen LogP contribution in [0, 0.1) is 5.82 Å². The molecule has 0 radical (unpaired) electrons. The van der Waals surface area contributed by atoms with Crippen molar-refractivity contribution in [2.75, 3.05) is 0 Å². The van der Waals surface area contributed by atoms with E-state index < -0.39 is 47.2 Å². The van der Waals surface area contributed by atoms with Gasteiger partial charge in [0.25, 0.3) is 20.2 Å². The molecule has 0 aliphatic carbocycles. The van der Waals surface area contributed by atoms with Gasteiger partial charge in [0.05, 0.1) is 9.92 Å². The first-order chi connectivity index (χ1) is 10.9.